The number of hydrogen-bond acceptors (Lipinski definition) is 3. The van der Waals surface area contributed by atoms with Gasteiger partial charge in [-0.25, -0.2) is 0 Å². The quantitative estimate of drug-likeness (QED) is 0.649. The van der Waals surface area contributed by atoms with E-state index in [-0.39, 0.29) is 11.4 Å². The van der Waals surface area contributed by atoms with Crippen molar-refractivity contribution in [3.8, 4) is 0 Å². The van der Waals surface area contributed by atoms with E-state index in [0.29, 0.717) is 13.0 Å². The molecule has 1 saturated heterocycles. The fraction of sp³-hybridized carbons (Fsp3) is 0.583. The summed E-state index contributed by atoms with van der Waals surface area (Å²) in [5.41, 5.74) is 0.451. The molecule has 1 heterocycles. The molecule has 0 aromatic rings. The minimum absolute atomic E-state index is 0.189. The number of Topliss-reactive ketones (excluding diaryl/α,β-unsaturated/α-hetero) is 1. The Kier molecular flexibility index (Phi) is 3.69. The Morgan fingerprint density at radius 2 is 2.07 bits per heavy atom. The minimum Gasteiger partial charge on any atom is -0.383 e. The predicted molar refractivity (Wildman–Crippen MR) is 60.6 cm³/mol. The summed E-state index contributed by atoms with van der Waals surface area (Å²) in [6.07, 6.45) is 6.07. The zero-order chi connectivity index (χ0) is 11.5. The molecule has 84 valence electrons. The molecular weight excluding hydrogens is 190 g/mol. The predicted octanol–water partition coefficient (Wildman–Crippen LogP) is 1.76. The van der Waals surface area contributed by atoms with Crippen molar-refractivity contribution in [2.45, 2.75) is 25.9 Å². The van der Waals surface area contributed by atoms with E-state index in [4.69, 9.17) is 4.74 Å². The van der Waals surface area contributed by atoms with Gasteiger partial charge in [0.1, 0.15) is 0 Å². The molecule has 0 saturated carbocycles. The zero-order valence-corrected chi connectivity index (χ0v) is 9.91. The third-order valence-electron chi connectivity index (χ3n) is 2.24. The molecule has 0 unspecified atom stereocenters. The van der Waals surface area contributed by atoms with Crippen LogP contribution in [-0.2, 0) is 9.53 Å². The maximum Gasteiger partial charge on any atom is 0.164 e. The largest absolute Gasteiger partial charge is 0.383 e. The average molecular weight is 209 g/mol. The first-order valence-electron chi connectivity index (χ1n) is 5.12. The van der Waals surface area contributed by atoms with Crippen LogP contribution in [0.5, 0.6) is 0 Å². The number of ether oxygens (including phenoxy) is 1. The summed E-state index contributed by atoms with van der Waals surface area (Å²) >= 11 is 0. The van der Waals surface area contributed by atoms with E-state index in [0.717, 1.165) is 5.57 Å². The van der Waals surface area contributed by atoms with Gasteiger partial charge in [0.05, 0.1) is 12.2 Å². The molecule has 0 spiro atoms. The summed E-state index contributed by atoms with van der Waals surface area (Å²) < 4.78 is 5.57. The molecule has 1 rings (SSSR count). The smallest absolute Gasteiger partial charge is 0.164 e. The van der Waals surface area contributed by atoms with Crippen LogP contribution in [0.3, 0.4) is 0 Å². The first-order chi connectivity index (χ1) is 6.91. The van der Waals surface area contributed by atoms with Gasteiger partial charge >= 0.3 is 0 Å². The number of carbonyl (C=O) groups is 1. The Bertz CT molecular complexity index is 301. The summed E-state index contributed by atoms with van der Waals surface area (Å²) in [4.78, 5) is 13.6. The Morgan fingerprint density at radius 3 is 2.60 bits per heavy atom. The van der Waals surface area contributed by atoms with Crippen molar-refractivity contribution in [3.05, 3.63) is 23.9 Å². The van der Waals surface area contributed by atoms with E-state index in [1.165, 1.54) is 0 Å². The molecule has 0 radical (unpaired) electrons. The van der Waals surface area contributed by atoms with Crippen molar-refractivity contribution < 1.29 is 9.53 Å². The molecule has 0 N–H and O–H groups in total. The summed E-state index contributed by atoms with van der Waals surface area (Å²) in [5, 5.41) is 0. The van der Waals surface area contributed by atoms with Gasteiger partial charge < -0.3 is 9.64 Å². The number of hydrogen-bond donors (Lipinski definition) is 0. The standard InChI is InChI=1S/C12H19NO2/c1-12(2)8-11(14)10(9-15-12)6-5-7-13(3)4/h5-7H,8-9H2,1-4H3/b7-5+,10-6+. The van der Waals surface area contributed by atoms with Gasteiger partial charge in [-0.15, -0.1) is 0 Å². The molecule has 15 heavy (non-hydrogen) atoms. The van der Waals surface area contributed by atoms with Crippen molar-refractivity contribution in [1.82, 2.24) is 4.90 Å². The van der Waals surface area contributed by atoms with Crippen LogP contribution in [0.1, 0.15) is 20.3 Å². The molecule has 0 atom stereocenters. The Balaban J connectivity index is 2.62. The fourth-order valence-corrected chi connectivity index (χ4v) is 1.38. The van der Waals surface area contributed by atoms with Gasteiger partial charge in [-0.2, -0.15) is 0 Å². The van der Waals surface area contributed by atoms with Gasteiger partial charge in [0, 0.05) is 26.1 Å². The second-order valence-corrected chi connectivity index (χ2v) is 4.65. The Labute approximate surface area is 91.4 Å². The molecule has 0 aliphatic carbocycles. The van der Waals surface area contributed by atoms with Gasteiger partial charge in [-0.05, 0) is 26.1 Å². The number of allylic oxidation sites excluding steroid dienone is 2. The van der Waals surface area contributed by atoms with Gasteiger partial charge in [0.15, 0.2) is 5.78 Å². The van der Waals surface area contributed by atoms with Gasteiger partial charge in [-0.3, -0.25) is 4.79 Å². The van der Waals surface area contributed by atoms with Crippen LogP contribution in [0.2, 0.25) is 0 Å². The van der Waals surface area contributed by atoms with E-state index in [2.05, 4.69) is 0 Å². The van der Waals surface area contributed by atoms with Crippen LogP contribution < -0.4 is 0 Å². The van der Waals surface area contributed by atoms with Crippen molar-refractivity contribution >= 4 is 5.78 Å². The van der Waals surface area contributed by atoms with Crippen LogP contribution in [0, 0.1) is 0 Å². The summed E-state index contributed by atoms with van der Waals surface area (Å²) in [5.74, 6) is 0.189. The highest BCUT2D eigenvalue weighted by Gasteiger charge is 2.29. The molecule has 3 heteroatoms. The van der Waals surface area contributed by atoms with Crippen molar-refractivity contribution in [3.63, 3.8) is 0 Å². The highest BCUT2D eigenvalue weighted by molar-refractivity contribution is 5.97. The number of carbonyl (C=O) groups excluding carboxylic acids is 1. The fourth-order valence-electron chi connectivity index (χ4n) is 1.38. The highest BCUT2D eigenvalue weighted by atomic mass is 16.5. The maximum atomic E-state index is 11.7. The van der Waals surface area contributed by atoms with Crippen LogP contribution in [-0.4, -0.2) is 37.0 Å². The summed E-state index contributed by atoms with van der Waals surface area (Å²) in [7, 11) is 3.88. The van der Waals surface area contributed by atoms with Crippen LogP contribution in [0.25, 0.3) is 0 Å². The topological polar surface area (TPSA) is 29.5 Å². The van der Waals surface area contributed by atoms with Gasteiger partial charge in [0.2, 0.25) is 0 Å². The molecule has 0 bridgehead atoms. The minimum atomic E-state index is -0.306. The first-order valence-corrected chi connectivity index (χ1v) is 5.12. The van der Waals surface area contributed by atoms with E-state index >= 15 is 0 Å². The average Bonchev–Trinajstić information content (AvgIpc) is 2.07. The lowest BCUT2D eigenvalue weighted by molar-refractivity contribution is -0.127. The second kappa shape index (κ2) is 4.62. The third kappa shape index (κ3) is 3.88. The Hall–Kier alpha value is -1.09. The first kappa shape index (κ1) is 12.0. The lowest BCUT2D eigenvalue weighted by Gasteiger charge is -2.30. The summed E-state index contributed by atoms with van der Waals surface area (Å²) in [6, 6.07) is 0. The molecule has 1 aliphatic heterocycles. The lowest BCUT2D eigenvalue weighted by Crippen LogP contribution is -2.35. The van der Waals surface area contributed by atoms with Gasteiger partial charge in [-0.1, -0.05) is 6.08 Å². The summed E-state index contributed by atoms with van der Waals surface area (Å²) in [6.45, 7) is 4.30. The third-order valence-corrected chi connectivity index (χ3v) is 2.24. The van der Waals surface area contributed by atoms with E-state index in [9.17, 15) is 4.79 Å². The monoisotopic (exact) mass is 209 g/mol. The molecule has 3 nitrogen and oxygen atoms in total. The number of rotatable bonds is 2. The van der Waals surface area contributed by atoms with E-state index < -0.39 is 0 Å². The lowest BCUT2D eigenvalue weighted by atomic mass is 9.94. The zero-order valence-electron chi connectivity index (χ0n) is 9.91. The molecular formula is C12H19NO2. The highest BCUT2D eigenvalue weighted by Crippen LogP contribution is 2.24. The molecule has 1 aliphatic rings. The molecule has 1 fully saturated rings. The van der Waals surface area contributed by atoms with Crippen molar-refractivity contribution in [2.75, 3.05) is 20.7 Å². The van der Waals surface area contributed by atoms with Crippen LogP contribution in [0.15, 0.2) is 23.9 Å². The molecule has 0 aromatic carbocycles. The number of ketones is 1. The SMILES string of the molecule is CN(C)/C=C/C=C1\COC(C)(C)CC1=O. The van der Waals surface area contributed by atoms with E-state index in [1.807, 2.05) is 51.2 Å². The normalized spacial score (nSPS) is 23.7. The molecule has 0 aromatic heterocycles. The van der Waals surface area contributed by atoms with E-state index in [1.54, 1.807) is 0 Å². The van der Waals surface area contributed by atoms with Gasteiger partial charge in [0.25, 0.3) is 0 Å². The van der Waals surface area contributed by atoms with Crippen LogP contribution in [0.4, 0.5) is 0 Å². The Morgan fingerprint density at radius 1 is 1.40 bits per heavy atom. The van der Waals surface area contributed by atoms with Crippen LogP contribution >= 0.6 is 0 Å². The molecule has 0 amide bonds. The van der Waals surface area contributed by atoms with Crippen molar-refractivity contribution in [1.29, 1.82) is 0 Å². The van der Waals surface area contributed by atoms with Crippen molar-refractivity contribution in [2.24, 2.45) is 0 Å². The maximum absolute atomic E-state index is 11.7. The number of nitrogens with zero attached hydrogens (tertiary/aromatic N) is 1. The second-order valence-electron chi connectivity index (χ2n) is 4.65.